The molecule has 0 saturated carbocycles. The average Bonchev–Trinajstić information content (AvgIpc) is 3.15. The number of hydrogen-bond donors (Lipinski definition) is 0. The van der Waals surface area contributed by atoms with Crippen LogP contribution in [-0.4, -0.2) is 49.4 Å². The molecule has 7 nitrogen and oxygen atoms in total. The van der Waals surface area contributed by atoms with Crippen LogP contribution in [0.1, 0.15) is 96.8 Å². The van der Waals surface area contributed by atoms with Crippen molar-refractivity contribution >= 4 is 26.0 Å². The highest BCUT2D eigenvalue weighted by molar-refractivity contribution is 6.74. The summed E-state index contributed by atoms with van der Waals surface area (Å²) in [7, 11) is -1.94. The predicted molar refractivity (Wildman–Crippen MR) is 146 cm³/mol. The van der Waals surface area contributed by atoms with Crippen LogP contribution in [0, 0.1) is 0 Å². The van der Waals surface area contributed by atoms with Crippen molar-refractivity contribution in [2.24, 2.45) is 0 Å². The lowest BCUT2D eigenvalue weighted by Gasteiger charge is -2.36. The third-order valence-corrected chi connectivity index (χ3v) is 11.6. The summed E-state index contributed by atoms with van der Waals surface area (Å²) in [6, 6.07) is 8.81. The maximum absolute atomic E-state index is 13.1. The summed E-state index contributed by atoms with van der Waals surface area (Å²) in [6.07, 6.45) is 1.96. The summed E-state index contributed by atoms with van der Waals surface area (Å²) < 4.78 is 19.0. The van der Waals surface area contributed by atoms with E-state index in [4.69, 9.17) is 13.9 Å². The SMILES string of the molecule is CC(C)(C)OC(=O)c1ccc(Cn2c(C(=O)OCCO[Si](C)(C)C(C)(C)C)cc3c2CCCC3=O)cc1. The van der Waals surface area contributed by atoms with Crippen LogP contribution in [0.25, 0.3) is 0 Å². The molecule has 0 fully saturated rings. The van der Waals surface area contributed by atoms with E-state index < -0.39 is 19.9 Å². The average molecular weight is 528 g/mol. The molecule has 0 spiro atoms. The van der Waals surface area contributed by atoms with Crippen LogP contribution < -0.4 is 0 Å². The number of rotatable bonds is 8. The molecule has 1 heterocycles. The molecular formula is C29H41NO6Si. The van der Waals surface area contributed by atoms with Gasteiger partial charge in [0.25, 0.3) is 0 Å². The molecule has 37 heavy (non-hydrogen) atoms. The summed E-state index contributed by atoms with van der Waals surface area (Å²) in [5.74, 6) is -0.797. The summed E-state index contributed by atoms with van der Waals surface area (Å²) in [4.78, 5) is 38.1. The molecule has 1 aromatic heterocycles. The zero-order chi connectivity index (χ0) is 27.6. The van der Waals surface area contributed by atoms with Gasteiger partial charge in [0, 0.05) is 24.2 Å². The number of fused-ring (bicyclic) bond motifs is 1. The molecule has 0 unspecified atom stereocenters. The fourth-order valence-corrected chi connectivity index (χ4v) is 5.01. The normalized spacial score (nSPS) is 14.3. The Morgan fingerprint density at radius 1 is 0.946 bits per heavy atom. The molecule has 0 amide bonds. The Kier molecular flexibility index (Phi) is 8.54. The van der Waals surface area contributed by atoms with Gasteiger partial charge in [-0.2, -0.15) is 0 Å². The van der Waals surface area contributed by atoms with E-state index in [1.807, 2.05) is 37.5 Å². The smallest absolute Gasteiger partial charge is 0.355 e. The minimum atomic E-state index is -1.94. The zero-order valence-electron chi connectivity index (χ0n) is 23.5. The summed E-state index contributed by atoms with van der Waals surface area (Å²) >= 11 is 0. The van der Waals surface area contributed by atoms with E-state index in [1.54, 1.807) is 18.2 Å². The topological polar surface area (TPSA) is 83.8 Å². The molecule has 0 radical (unpaired) electrons. The second-order valence-electron chi connectivity index (χ2n) is 12.2. The van der Waals surface area contributed by atoms with Crippen LogP contribution in [0.15, 0.2) is 30.3 Å². The summed E-state index contributed by atoms with van der Waals surface area (Å²) in [5.41, 5.74) is 2.61. The molecule has 1 aliphatic carbocycles. The van der Waals surface area contributed by atoms with Gasteiger partial charge in [-0.05, 0) is 75.5 Å². The van der Waals surface area contributed by atoms with E-state index in [1.165, 1.54) is 0 Å². The Labute approximate surface area is 221 Å². The lowest BCUT2D eigenvalue weighted by molar-refractivity contribution is 0.00691. The molecule has 2 aromatic rings. The van der Waals surface area contributed by atoms with E-state index in [-0.39, 0.29) is 23.4 Å². The number of carbonyl (C=O) groups excluding carboxylic acids is 3. The van der Waals surface area contributed by atoms with Crippen LogP contribution in [0.4, 0.5) is 0 Å². The van der Waals surface area contributed by atoms with Crippen molar-refractivity contribution in [2.45, 2.75) is 91.1 Å². The maximum atomic E-state index is 13.1. The molecule has 8 heteroatoms. The van der Waals surface area contributed by atoms with Gasteiger partial charge in [-0.1, -0.05) is 32.9 Å². The zero-order valence-corrected chi connectivity index (χ0v) is 24.5. The monoisotopic (exact) mass is 527 g/mol. The van der Waals surface area contributed by atoms with Gasteiger partial charge in [-0.25, -0.2) is 9.59 Å². The molecule has 0 aliphatic heterocycles. The van der Waals surface area contributed by atoms with Crippen molar-refractivity contribution in [3.63, 3.8) is 0 Å². The maximum Gasteiger partial charge on any atom is 0.355 e. The molecule has 0 bridgehead atoms. The highest BCUT2D eigenvalue weighted by Gasteiger charge is 2.37. The second-order valence-corrected chi connectivity index (χ2v) is 17.0. The van der Waals surface area contributed by atoms with E-state index in [9.17, 15) is 14.4 Å². The number of carbonyl (C=O) groups is 3. The lowest BCUT2D eigenvalue weighted by atomic mass is 9.96. The Hall–Kier alpha value is -2.71. The Bertz CT molecular complexity index is 1150. The van der Waals surface area contributed by atoms with Crippen LogP contribution in [-0.2, 0) is 26.9 Å². The number of benzene rings is 1. The van der Waals surface area contributed by atoms with Crippen molar-refractivity contribution in [2.75, 3.05) is 13.2 Å². The number of hydrogen-bond acceptors (Lipinski definition) is 6. The van der Waals surface area contributed by atoms with E-state index in [2.05, 4.69) is 33.9 Å². The molecular weight excluding hydrogens is 486 g/mol. The van der Waals surface area contributed by atoms with Gasteiger partial charge in [-0.15, -0.1) is 0 Å². The Morgan fingerprint density at radius 2 is 1.59 bits per heavy atom. The molecule has 0 saturated heterocycles. The van der Waals surface area contributed by atoms with Gasteiger partial charge in [0.2, 0.25) is 0 Å². The number of esters is 2. The lowest BCUT2D eigenvalue weighted by Crippen LogP contribution is -2.41. The molecule has 0 atom stereocenters. The first kappa shape index (κ1) is 28.9. The van der Waals surface area contributed by atoms with Crippen LogP contribution >= 0.6 is 0 Å². The van der Waals surface area contributed by atoms with Gasteiger partial charge in [-0.3, -0.25) is 4.79 Å². The third-order valence-electron chi connectivity index (χ3n) is 7.05. The number of ketones is 1. The third kappa shape index (κ3) is 7.20. The first-order valence-electron chi connectivity index (χ1n) is 13.0. The van der Waals surface area contributed by atoms with Gasteiger partial charge >= 0.3 is 11.9 Å². The number of nitrogens with zero attached hydrogens (tertiary/aromatic N) is 1. The Morgan fingerprint density at radius 3 is 2.19 bits per heavy atom. The highest BCUT2D eigenvalue weighted by Crippen LogP contribution is 2.36. The van der Waals surface area contributed by atoms with Crippen molar-refractivity contribution in [1.29, 1.82) is 0 Å². The first-order chi connectivity index (χ1) is 17.1. The van der Waals surface area contributed by atoms with Crippen molar-refractivity contribution in [1.82, 2.24) is 4.57 Å². The number of aromatic nitrogens is 1. The molecule has 1 aromatic carbocycles. The molecule has 0 N–H and O–H groups in total. The van der Waals surface area contributed by atoms with E-state index >= 15 is 0 Å². The fourth-order valence-electron chi connectivity index (χ4n) is 3.99. The predicted octanol–water partition coefficient (Wildman–Crippen LogP) is 6.19. The highest BCUT2D eigenvalue weighted by atomic mass is 28.4. The van der Waals surface area contributed by atoms with Gasteiger partial charge in [0.05, 0.1) is 12.2 Å². The van der Waals surface area contributed by atoms with Crippen LogP contribution in [0.2, 0.25) is 18.1 Å². The van der Waals surface area contributed by atoms with Crippen LogP contribution in [0.5, 0.6) is 0 Å². The van der Waals surface area contributed by atoms with Crippen molar-refractivity contribution in [3.05, 3.63) is 58.4 Å². The standard InChI is InChI=1S/C29H41NO6Si/c1-28(2,3)36-26(32)21-14-12-20(13-15-21)19-30-23-10-9-11-25(31)22(23)18-24(30)27(33)34-16-17-35-37(7,8)29(4,5)6/h12-15,18H,9-11,16-17,19H2,1-8H3. The molecule has 202 valence electrons. The van der Waals surface area contributed by atoms with Crippen molar-refractivity contribution in [3.8, 4) is 0 Å². The van der Waals surface area contributed by atoms with Gasteiger partial charge in [0.1, 0.15) is 17.9 Å². The van der Waals surface area contributed by atoms with Crippen molar-refractivity contribution < 1.29 is 28.3 Å². The fraction of sp³-hybridized carbons (Fsp3) is 0.552. The summed E-state index contributed by atoms with van der Waals surface area (Å²) in [6.45, 7) is 17.2. The van der Waals surface area contributed by atoms with Crippen LogP contribution in [0.3, 0.4) is 0 Å². The Balaban J connectivity index is 1.76. The quantitative estimate of drug-likeness (QED) is 0.231. The molecule has 3 rings (SSSR count). The minimum Gasteiger partial charge on any atom is -0.459 e. The number of Topliss-reactive ketones (excluding diaryl/α,β-unsaturated/α-hetero) is 1. The largest absolute Gasteiger partial charge is 0.459 e. The van der Waals surface area contributed by atoms with Gasteiger partial charge < -0.3 is 18.5 Å². The van der Waals surface area contributed by atoms with Gasteiger partial charge in [0.15, 0.2) is 14.1 Å². The second kappa shape index (κ2) is 11.0. The van der Waals surface area contributed by atoms with E-state index in [0.717, 1.165) is 24.1 Å². The summed E-state index contributed by atoms with van der Waals surface area (Å²) in [5, 5.41) is 0.0736. The van der Waals surface area contributed by atoms with E-state index in [0.29, 0.717) is 36.4 Å². The molecule has 1 aliphatic rings. The first-order valence-corrected chi connectivity index (χ1v) is 15.9. The minimum absolute atomic E-state index is 0.0515. The number of ether oxygens (including phenoxy) is 2.